The van der Waals surface area contributed by atoms with Crippen molar-refractivity contribution in [1.82, 2.24) is 5.43 Å². The van der Waals surface area contributed by atoms with Gasteiger partial charge in [0.15, 0.2) is 0 Å². The molecule has 0 amide bonds. The first-order chi connectivity index (χ1) is 9.67. The number of benzene rings is 2. The van der Waals surface area contributed by atoms with Gasteiger partial charge in [-0.2, -0.15) is 0 Å². The predicted molar refractivity (Wildman–Crippen MR) is 82.7 cm³/mol. The van der Waals surface area contributed by atoms with Gasteiger partial charge in [-0.25, -0.2) is 5.43 Å². The van der Waals surface area contributed by atoms with E-state index in [2.05, 4.69) is 43.5 Å². The number of rotatable bonds is 5. The van der Waals surface area contributed by atoms with Crippen molar-refractivity contribution in [2.75, 3.05) is 6.61 Å². The average molecular weight is 270 g/mol. The van der Waals surface area contributed by atoms with Crippen molar-refractivity contribution in [2.24, 2.45) is 5.84 Å². The monoisotopic (exact) mass is 270 g/mol. The molecule has 0 spiro atoms. The van der Waals surface area contributed by atoms with Crippen molar-refractivity contribution in [3.63, 3.8) is 0 Å². The molecule has 0 aliphatic rings. The van der Waals surface area contributed by atoms with Crippen LogP contribution < -0.4 is 16.0 Å². The van der Waals surface area contributed by atoms with E-state index >= 15 is 0 Å². The Morgan fingerprint density at radius 3 is 2.60 bits per heavy atom. The number of ether oxygens (including phenoxy) is 1. The highest BCUT2D eigenvalue weighted by molar-refractivity contribution is 5.42. The summed E-state index contributed by atoms with van der Waals surface area (Å²) in [4.78, 5) is 0. The van der Waals surface area contributed by atoms with Crippen LogP contribution in [0.4, 0.5) is 0 Å². The third kappa shape index (κ3) is 3.00. The second kappa shape index (κ2) is 6.55. The third-order valence-electron chi connectivity index (χ3n) is 3.63. The molecule has 0 saturated heterocycles. The Hall–Kier alpha value is -1.84. The second-order valence-electron chi connectivity index (χ2n) is 4.89. The summed E-state index contributed by atoms with van der Waals surface area (Å²) in [7, 11) is 0. The van der Waals surface area contributed by atoms with Crippen LogP contribution in [0.25, 0.3) is 0 Å². The molecule has 2 aromatic rings. The van der Waals surface area contributed by atoms with Crippen LogP contribution in [0, 0.1) is 13.8 Å². The van der Waals surface area contributed by atoms with Crippen LogP contribution in [0.3, 0.4) is 0 Å². The zero-order chi connectivity index (χ0) is 14.5. The van der Waals surface area contributed by atoms with E-state index in [1.54, 1.807) is 0 Å². The predicted octanol–water partition coefficient (Wildman–Crippen LogP) is 3.25. The van der Waals surface area contributed by atoms with Gasteiger partial charge in [0.05, 0.1) is 12.6 Å². The standard InChI is InChI=1S/C17H22N2O/c1-4-20-15-9-6-8-14(11-15)17(19-18)16-10-5-7-12(2)13(16)3/h5-11,17,19H,4,18H2,1-3H3. The molecule has 0 aliphatic carbocycles. The minimum atomic E-state index is -0.0321. The fraction of sp³-hybridized carbons (Fsp3) is 0.294. The summed E-state index contributed by atoms with van der Waals surface area (Å²) in [5.74, 6) is 6.66. The van der Waals surface area contributed by atoms with Gasteiger partial charge in [-0.1, -0.05) is 30.3 Å². The molecular weight excluding hydrogens is 248 g/mol. The molecule has 1 unspecified atom stereocenters. The second-order valence-corrected chi connectivity index (χ2v) is 4.89. The maximum absolute atomic E-state index is 5.79. The SMILES string of the molecule is CCOc1cccc(C(NN)c2cccc(C)c2C)c1. The lowest BCUT2D eigenvalue weighted by Gasteiger charge is -2.20. The van der Waals surface area contributed by atoms with Gasteiger partial charge >= 0.3 is 0 Å². The molecule has 0 bridgehead atoms. The Balaban J connectivity index is 2.41. The van der Waals surface area contributed by atoms with Gasteiger partial charge in [0.2, 0.25) is 0 Å². The molecule has 2 aromatic carbocycles. The van der Waals surface area contributed by atoms with Gasteiger partial charge in [0, 0.05) is 0 Å². The quantitative estimate of drug-likeness (QED) is 0.647. The summed E-state index contributed by atoms with van der Waals surface area (Å²) in [5.41, 5.74) is 7.74. The summed E-state index contributed by atoms with van der Waals surface area (Å²) < 4.78 is 5.56. The van der Waals surface area contributed by atoms with Crippen LogP contribution in [0.1, 0.15) is 35.2 Å². The van der Waals surface area contributed by atoms with Gasteiger partial charge in [0.25, 0.3) is 0 Å². The third-order valence-corrected chi connectivity index (χ3v) is 3.63. The Morgan fingerprint density at radius 1 is 1.15 bits per heavy atom. The lowest BCUT2D eigenvalue weighted by Crippen LogP contribution is -2.29. The molecule has 106 valence electrons. The molecule has 2 rings (SSSR count). The van der Waals surface area contributed by atoms with Gasteiger partial charge in [-0.3, -0.25) is 5.84 Å². The Kier molecular flexibility index (Phi) is 4.77. The number of aryl methyl sites for hydroxylation is 1. The Bertz CT molecular complexity index is 581. The highest BCUT2D eigenvalue weighted by Gasteiger charge is 2.15. The van der Waals surface area contributed by atoms with Crippen molar-refractivity contribution in [3.8, 4) is 5.75 Å². The molecule has 0 fully saturated rings. The van der Waals surface area contributed by atoms with Crippen molar-refractivity contribution < 1.29 is 4.74 Å². The molecular formula is C17H22N2O. The van der Waals surface area contributed by atoms with Crippen LogP contribution in [-0.4, -0.2) is 6.61 Å². The summed E-state index contributed by atoms with van der Waals surface area (Å²) in [6, 6.07) is 14.3. The number of nitrogens with two attached hydrogens (primary N) is 1. The maximum atomic E-state index is 5.79. The lowest BCUT2D eigenvalue weighted by atomic mass is 9.93. The Morgan fingerprint density at radius 2 is 1.90 bits per heavy atom. The van der Waals surface area contributed by atoms with Crippen molar-refractivity contribution >= 4 is 0 Å². The van der Waals surface area contributed by atoms with Crippen LogP contribution in [0.15, 0.2) is 42.5 Å². The van der Waals surface area contributed by atoms with E-state index in [1.807, 2.05) is 25.1 Å². The van der Waals surface area contributed by atoms with E-state index in [1.165, 1.54) is 16.7 Å². The Labute approximate surface area is 120 Å². The lowest BCUT2D eigenvalue weighted by molar-refractivity contribution is 0.339. The van der Waals surface area contributed by atoms with Gasteiger partial charge in [-0.15, -0.1) is 0 Å². The first kappa shape index (κ1) is 14.6. The smallest absolute Gasteiger partial charge is 0.119 e. The van der Waals surface area contributed by atoms with E-state index in [-0.39, 0.29) is 6.04 Å². The average Bonchev–Trinajstić information content (AvgIpc) is 2.45. The highest BCUT2D eigenvalue weighted by atomic mass is 16.5. The maximum Gasteiger partial charge on any atom is 0.119 e. The van der Waals surface area contributed by atoms with Crippen LogP contribution in [0.2, 0.25) is 0 Å². The van der Waals surface area contributed by atoms with Gasteiger partial charge < -0.3 is 4.74 Å². The van der Waals surface area contributed by atoms with Crippen molar-refractivity contribution in [3.05, 3.63) is 64.7 Å². The molecule has 3 N–H and O–H groups in total. The molecule has 0 saturated carbocycles. The van der Waals surface area contributed by atoms with E-state index in [0.29, 0.717) is 6.61 Å². The van der Waals surface area contributed by atoms with E-state index < -0.39 is 0 Å². The fourth-order valence-corrected chi connectivity index (χ4v) is 2.40. The molecule has 0 radical (unpaired) electrons. The van der Waals surface area contributed by atoms with Crippen LogP contribution in [0.5, 0.6) is 5.75 Å². The van der Waals surface area contributed by atoms with E-state index in [0.717, 1.165) is 11.3 Å². The molecule has 3 heteroatoms. The fourth-order valence-electron chi connectivity index (χ4n) is 2.40. The summed E-state index contributed by atoms with van der Waals surface area (Å²) in [6.45, 7) is 6.88. The summed E-state index contributed by atoms with van der Waals surface area (Å²) >= 11 is 0. The van der Waals surface area contributed by atoms with Gasteiger partial charge in [-0.05, 0) is 55.2 Å². The minimum absolute atomic E-state index is 0.0321. The van der Waals surface area contributed by atoms with Crippen molar-refractivity contribution in [1.29, 1.82) is 0 Å². The van der Waals surface area contributed by atoms with Crippen molar-refractivity contribution in [2.45, 2.75) is 26.8 Å². The topological polar surface area (TPSA) is 47.3 Å². The summed E-state index contributed by atoms with van der Waals surface area (Å²) in [6.07, 6.45) is 0. The number of nitrogens with one attached hydrogen (secondary N) is 1. The van der Waals surface area contributed by atoms with Crippen LogP contribution >= 0.6 is 0 Å². The zero-order valence-corrected chi connectivity index (χ0v) is 12.3. The first-order valence-electron chi connectivity index (χ1n) is 6.92. The van der Waals surface area contributed by atoms with Crippen LogP contribution in [-0.2, 0) is 0 Å². The summed E-state index contributed by atoms with van der Waals surface area (Å²) in [5, 5.41) is 0. The first-order valence-corrected chi connectivity index (χ1v) is 6.92. The highest BCUT2D eigenvalue weighted by Crippen LogP contribution is 2.28. The van der Waals surface area contributed by atoms with Gasteiger partial charge in [0.1, 0.15) is 5.75 Å². The van der Waals surface area contributed by atoms with E-state index in [9.17, 15) is 0 Å². The molecule has 0 aromatic heterocycles. The molecule has 20 heavy (non-hydrogen) atoms. The minimum Gasteiger partial charge on any atom is -0.494 e. The number of hydrogen-bond donors (Lipinski definition) is 2. The molecule has 3 nitrogen and oxygen atoms in total. The number of hydrogen-bond acceptors (Lipinski definition) is 3. The normalized spacial score (nSPS) is 12.2. The molecule has 0 heterocycles. The molecule has 0 aliphatic heterocycles. The number of hydrazine groups is 1. The van der Waals surface area contributed by atoms with E-state index in [4.69, 9.17) is 10.6 Å². The molecule has 1 atom stereocenters. The largest absolute Gasteiger partial charge is 0.494 e. The zero-order valence-electron chi connectivity index (χ0n) is 12.3.